The molecule has 0 amide bonds. The minimum Gasteiger partial charge on any atom is -0.387 e. The van der Waals surface area contributed by atoms with Crippen LogP contribution in [0.15, 0.2) is 12.7 Å². The Balaban J connectivity index is 1.34. The van der Waals surface area contributed by atoms with Crippen LogP contribution in [0.2, 0.25) is 0 Å². The Hall–Kier alpha value is -1.67. The Morgan fingerprint density at radius 1 is 0.889 bits per heavy atom. The van der Waals surface area contributed by atoms with Gasteiger partial charge in [0, 0.05) is 0 Å². The first-order valence-corrected chi connectivity index (χ1v) is 13.1. The van der Waals surface area contributed by atoms with Crippen LogP contribution in [-0.2, 0) is 32.0 Å². The van der Waals surface area contributed by atoms with Gasteiger partial charge in [0.05, 0.1) is 19.5 Å². The van der Waals surface area contributed by atoms with Crippen LogP contribution in [0, 0.1) is 0 Å². The van der Waals surface area contributed by atoms with Gasteiger partial charge in [-0.3, -0.25) is 13.6 Å². The van der Waals surface area contributed by atoms with Crippen molar-refractivity contribution >= 4 is 32.6 Å². The number of rotatable bonds is 9. The quantitative estimate of drug-likeness (QED) is 0.140. The van der Waals surface area contributed by atoms with E-state index in [0.29, 0.717) is 0 Å². The van der Waals surface area contributed by atoms with Crippen molar-refractivity contribution in [2.75, 3.05) is 18.9 Å². The van der Waals surface area contributed by atoms with E-state index in [-0.39, 0.29) is 17.0 Å². The number of hydrogen-bond donors (Lipinski definition) is 8. The second-order valence-corrected chi connectivity index (χ2v) is 10.8. The van der Waals surface area contributed by atoms with Crippen molar-refractivity contribution in [3.8, 4) is 0 Å². The normalized spacial score (nSPS) is 36.2. The van der Waals surface area contributed by atoms with Gasteiger partial charge in [0.2, 0.25) is 0 Å². The lowest BCUT2D eigenvalue weighted by Gasteiger charge is -2.20. The number of hydrogen-bond acceptors (Lipinski definition) is 16. The molecule has 19 nitrogen and oxygen atoms in total. The van der Waals surface area contributed by atoms with Gasteiger partial charge in [-0.15, -0.1) is 0 Å². The molecule has 2 saturated heterocycles. The van der Waals surface area contributed by atoms with Crippen LogP contribution in [0.5, 0.6) is 0 Å². The van der Waals surface area contributed by atoms with Gasteiger partial charge in [0.15, 0.2) is 24.0 Å². The van der Waals surface area contributed by atoms with Crippen LogP contribution in [0.25, 0.3) is 11.2 Å². The van der Waals surface area contributed by atoms with Crippen LogP contribution in [0.1, 0.15) is 6.23 Å². The maximum atomic E-state index is 12.2. The number of phosphoric acid groups is 2. The van der Waals surface area contributed by atoms with Crippen LogP contribution in [-0.4, -0.2) is 111 Å². The van der Waals surface area contributed by atoms with Gasteiger partial charge in [-0.05, 0) is 0 Å². The summed E-state index contributed by atoms with van der Waals surface area (Å²) in [6.07, 6.45) is -10.1. The molecule has 36 heavy (non-hydrogen) atoms. The summed E-state index contributed by atoms with van der Waals surface area (Å²) in [5.74, 6) is 0.0575. The van der Waals surface area contributed by atoms with E-state index in [0.717, 1.165) is 6.33 Å². The number of anilines is 1. The first kappa shape index (κ1) is 27.4. The number of nitrogen functional groups attached to an aromatic ring is 1. The van der Waals surface area contributed by atoms with Crippen molar-refractivity contribution in [1.82, 2.24) is 19.5 Å². The molecule has 2 aliphatic heterocycles. The summed E-state index contributed by atoms with van der Waals surface area (Å²) >= 11 is 0. The molecule has 2 aliphatic rings. The molecular weight excluding hydrogens is 536 g/mol. The average Bonchev–Trinajstić information content (AvgIpc) is 3.42. The van der Waals surface area contributed by atoms with Crippen molar-refractivity contribution in [3.05, 3.63) is 12.7 Å². The number of aliphatic hydroxyl groups is 5. The van der Waals surface area contributed by atoms with Gasteiger partial charge in [-0.25, -0.2) is 24.1 Å². The van der Waals surface area contributed by atoms with E-state index in [2.05, 4.69) is 28.3 Å². The van der Waals surface area contributed by atoms with Gasteiger partial charge in [0.1, 0.15) is 48.5 Å². The number of ether oxygens (including phenoxy) is 2. The summed E-state index contributed by atoms with van der Waals surface area (Å²) in [5.41, 5.74) is 6.09. The summed E-state index contributed by atoms with van der Waals surface area (Å²) in [4.78, 5) is 31.3. The SMILES string of the molecule is Nc1ncnc2c1ncn2[C@H]1O[C@H](COP(=O)(O)OP(=O)(O)OC[C@H]2OC(O)[C@H](O)[C@@H]2O)[C@@H](O)[C@H]1O. The lowest BCUT2D eigenvalue weighted by molar-refractivity contribution is -0.132. The van der Waals surface area contributed by atoms with Gasteiger partial charge < -0.3 is 50.5 Å². The molecule has 0 saturated carbocycles. The zero-order valence-corrected chi connectivity index (χ0v) is 19.7. The monoisotopic (exact) mass is 559 g/mol. The summed E-state index contributed by atoms with van der Waals surface area (Å²) < 4.78 is 48.8. The van der Waals surface area contributed by atoms with Crippen molar-refractivity contribution in [1.29, 1.82) is 0 Å². The summed E-state index contributed by atoms with van der Waals surface area (Å²) in [6.45, 7) is -1.79. The van der Waals surface area contributed by atoms with E-state index in [1.807, 2.05) is 0 Å². The van der Waals surface area contributed by atoms with Crippen molar-refractivity contribution < 1.29 is 67.3 Å². The van der Waals surface area contributed by atoms with Crippen molar-refractivity contribution in [3.63, 3.8) is 0 Å². The Kier molecular flexibility index (Phi) is 7.78. The van der Waals surface area contributed by atoms with Crippen molar-refractivity contribution in [2.45, 2.75) is 49.1 Å². The molecule has 2 aromatic heterocycles. The molecule has 10 atom stereocenters. The lowest BCUT2D eigenvalue weighted by atomic mass is 10.1. The highest BCUT2D eigenvalue weighted by atomic mass is 31.3. The minimum atomic E-state index is -5.31. The van der Waals surface area contributed by atoms with Crippen LogP contribution in [0.3, 0.4) is 0 Å². The smallest absolute Gasteiger partial charge is 0.387 e. The lowest BCUT2D eigenvalue weighted by Crippen LogP contribution is -2.34. The topological polar surface area (TPSA) is 292 Å². The zero-order valence-electron chi connectivity index (χ0n) is 17.9. The van der Waals surface area contributed by atoms with Crippen LogP contribution >= 0.6 is 15.6 Å². The molecule has 0 aromatic carbocycles. The Labute approximate surface area is 200 Å². The number of aromatic nitrogens is 4. The highest BCUT2D eigenvalue weighted by Crippen LogP contribution is 2.60. The highest BCUT2D eigenvalue weighted by Gasteiger charge is 2.47. The number of aliphatic hydroxyl groups excluding tert-OH is 5. The molecule has 9 N–H and O–H groups in total. The van der Waals surface area contributed by atoms with Crippen LogP contribution in [0.4, 0.5) is 5.82 Å². The summed E-state index contributed by atoms with van der Waals surface area (Å²) in [7, 11) is -10.6. The molecule has 0 radical (unpaired) electrons. The van der Waals surface area contributed by atoms with E-state index in [4.69, 9.17) is 15.2 Å². The van der Waals surface area contributed by atoms with E-state index < -0.39 is 78.0 Å². The molecule has 2 fully saturated rings. The highest BCUT2D eigenvalue weighted by molar-refractivity contribution is 7.61. The third-order valence-corrected chi connectivity index (χ3v) is 7.95. The molecule has 21 heteroatoms. The molecular formula is C15H23N5O14P2. The zero-order chi connectivity index (χ0) is 26.4. The number of nitrogens with two attached hydrogens (primary N) is 1. The first-order chi connectivity index (χ1) is 16.8. The second kappa shape index (κ2) is 10.2. The summed E-state index contributed by atoms with van der Waals surface area (Å²) in [5, 5.41) is 49.0. The largest absolute Gasteiger partial charge is 0.481 e. The molecule has 202 valence electrons. The van der Waals surface area contributed by atoms with E-state index in [1.165, 1.54) is 10.9 Å². The van der Waals surface area contributed by atoms with Crippen LogP contribution < -0.4 is 5.73 Å². The standard InChI is InChI=1S/C15H23N5O14P2/c16-12-7-13(18-3-17-12)20(4-19-7)14-10(23)8(21)5(32-14)1-30-35(26,27)34-36(28,29)31-2-6-9(22)11(24)15(25)33-6/h3-6,8-11,14-15,21-25H,1-2H2,(H,26,27)(H,28,29)(H2,16,17,18)/t5-,6-,8-,9-,10-,11-,14+,15?/m1/s1. The molecule has 0 spiro atoms. The Bertz CT molecular complexity index is 1180. The maximum Gasteiger partial charge on any atom is 0.481 e. The molecule has 0 aliphatic carbocycles. The molecule has 0 bridgehead atoms. The number of nitrogens with zero attached hydrogens (tertiary/aromatic N) is 4. The predicted octanol–water partition coefficient (Wildman–Crippen LogP) is -3.28. The minimum absolute atomic E-state index is 0.0575. The number of imidazole rings is 1. The second-order valence-electron chi connectivity index (χ2n) is 7.79. The molecule has 4 rings (SSSR count). The Morgan fingerprint density at radius 2 is 1.47 bits per heavy atom. The fourth-order valence-electron chi connectivity index (χ4n) is 3.53. The third kappa shape index (κ3) is 5.59. The summed E-state index contributed by atoms with van der Waals surface area (Å²) in [6, 6.07) is 0. The molecule has 3 unspecified atom stereocenters. The predicted molar refractivity (Wildman–Crippen MR) is 111 cm³/mol. The van der Waals surface area contributed by atoms with Gasteiger partial charge >= 0.3 is 15.6 Å². The van der Waals surface area contributed by atoms with E-state index in [1.54, 1.807) is 0 Å². The molecule has 4 heterocycles. The fraction of sp³-hybridized carbons (Fsp3) is 0.667. The Morgan fingerprint density at radius 3 is 2.06 bits per heavy atom. The molecule has 2 aromatic rings. The third-order valence-electron chi connectivity index (χ3n) is 5.35. The average molecular weight is 559 g/mol. The fourth-order valence-corrected chi connectivity index (χ4v) is 5.62. The van der Waals surface area contributed by atoms with Gasteiger partial charge in [0.25, 0.3) is 0 Å². The van der Waals surface area contributed by atoms with Gasteiger partial charge in [-0.1, -0.05) is 0 Å². The van der Waals surface area contributed by atoms with Crippen molar-refractivity contribution in [2.24, 2.45) is 0 Å². The number of fused-ring (bicyclic) bond motifs is 1. The maximum absolute atomic E-state index is 12.2. The van der Waals surface area contributed by atoms with E-state index >= 15 is 0 Å². The number of phosphoric ester groups is 2. The first-order valence-electron chi connectivity index (χ1n) is 10.1. The van der Waals surface area contributed by atoms with Gasteiger partial charge in [-0.2, -0.15) is 4.31 Å². The van der Waals surface area contributed by atoms with E-state index in [9.17, 15) is 44.4 Å².